The molecule has 4 heteroatoms. The lowest BCUT2D eigenvalue weighted by Crippen LogP contribution is -2.45. The van der Waals surface area contributed by atoms with Gasteiger partial charge in [-0.1, -0.05) is 30.4 Å². The maximum absolute atomic E-state index is 12.5. The summed E-state index contributed by atoms with van der Waals surface area (Å²) in [5.41, 5.74) is 3.89. The molecule has 2 saturated heterocycles. The standard InChI is InChI=1S/C21H30N2O2/c1-17-4-3-5-18(2)20(17)7-6-19-8-9-23(21(24)16-19)11-10-22-12-14-25-15-13-22/h3-7,19H,8-16H2,1-2H3. The van der Waals surface area contributed by atoms with Crippen LogP contribution in [0.5, 0.6) is 0 Å². The summed E-state index contributed by atoms with van der Waals surface area (Å²) in [7, 11) is 0. The Morgan fingerprint density at radius 3 is 2.52 bits per heavy atom. The smallest absolute Gasteiger partial charge is 0.223 e. The molecule has 0 aromatic heterocycles. The molecule has 0 N–H and O–H groups in total. The molecule has 1 aromatic carbocycles. The van der Waals surface area contributed by atoms with E-state index in [2.05, 4.69) is 49.1 Å². The average molecular weight is 342 g/mol. The van der Waals surface area contributed by atoms with Gasteiger partial charge in [0.05, 0.1) is 13.2 Å². The number of carbonyl (C=O) groups is 1. The fourth-order valence-corrected chi connectivity index (χ4v) is 3.71. The summed E-state index contributed by atoms with van der Waals surface area (Å²) < 4.78 is 5.38. The van der Waals surface area contributed by atoms with Crippen molar-refractivity contribution in [2.75, 3.05) is 45.9 Å². The van der Waals surface area contributed by atoms with Gasteiger partial charge < -0.3 is 9.64 Å². The molecule has 0 saturated carbocycles. The molecule has 136 valence electrons. The first kappa shape index (κ1) is 18.2. The Labute approximate surface area is 151 Å². The Morgan fingerprint density at radius 2 is 1.84 bits per heavy atom. The minimum atomic E-state index is 0.302. The van der Waals surface area contributed by atoms with Crippen LogP contribution < -0.4 is 0 Å². The SMILES string of the molecule is Cc1cccc(C)c1C=CC1CCN(CCN2CCOCC2)C(=O)C1. The Balaban J connectivity index is 1.49. The topological polar surface area (TPSA) is 32.8 Å². The molecule has 3 rings (SSSR count). The van der Waals surface area contributed by atoms with E-state index >= 15 is 0 Å². The van der Waals surface area contributed by atoms with Gasteiger partial charge in [0.1, 0.15) is 0 Å². The van der Waals surface area contributed by atoms with Crippen LogP contribution in [0.1, 0.15) is 29.5 Å². The van der Waals surface area contributed by atoms with Crippen LogP contribution in [0.2, 0.25) is 0 Å². The highest BCUT2D eigenvalue weighted by Crippen LogP contribution is 2.22. The average Bonchev–Trinajstić information content (AvgIpc) is 2.61. The van der Waals surface area contributed by atoms with Crippen molar-refractivity contribution in [1.29, 1.82) is 0 Å². The number of carbonyl (C=O) groups excluding carboxylic acids is 1. The van der Waals surface area contributed by atoms with E-state index in [4.69, 9.17) is 4.74 Å². The maximum atomic E-state index is 12.5. The summed E-state index contributed by atoms with van der Waals surface area (Å²) in [4.78, 5) is 16.9. The molecule has 1 amide bonds. The summed E-state index contributed by atoms with van der Waals surface area (Å²) in [5.74, 6) is 0.668. The molecule has 2 aliphatic heterocycles. The summed E-state index contributed by atoms with van der Waals surface area (Å²) in [6, 6.07) is 6.39. The second-order valence-electron chi connectivity index (χ2n) is 7.25. The fraction of sp³-hybridized carbons (Fsp3) is 0.571. The van der Waals surface area contributed by atoms with Crippen LogP contribution in [-0.2, 0) is 9.53 Å². The number of amides is 1. The van der Waals surface area contributed by atoms with E-state index in [1.54, 1.807) is 0 Å². The van der Waals surface area contributed by atoms with Crippen LogP contribution in [0.15, 0.2) is 24.3 Å². The largest absolute Gasteiger partial charge is 0.379 e. The molecule has 1 aromatic rings. The molecular formula is C21H30N2O2. The molecule has 2 heterocycles. The first-order valence-corrected chi connectivity index (χ1v) is 9.46. The van der Waals surface area contributed by atoms with Crippen LogP contribution >= 0.6 is 0 Å². The highest BCUT2D eigenvalue weighted by molar-refractivity contribution is 5.77. The lowest BCUT2D eigenvalue weighted by atomic mass is 9.93. The number of morpholine rings is 1. The summed E-state index contributed by atoms with van der Waals surface area (Å²) >= 11 is 0. The van der Waals surface area contributed by atoms with Gasteiger partial charge in [0.2, 0.25) is 5.91 Å². The number of ether oxygens (including phenoxy) is 1. The maximum Gasteiger partial charge on any atom is 0.223 e. The minimum absolute atomic E-state index is 0.302. The van der Waals surface area contributed by atoms with Crippen molar-refractivity contribution in [1.82, 2.24) is 9.80 Å². The highest BCUT2D eigenvalue weighted by atomic mass is 16.5. The van der Waals surface area contributed by atoms with Crippen molar-refractivity contribution >= 4 is 12.0 Å². The summed E-state index contributed by atoms with van der Waals surface area (Å²) in [6.07, 6.45) is 6.17. The number of piperidine rings is 1. The van der Waals surface area contributed by atoms with Crippen molar-refractivity contribution in [3.63, 3.8) is 0 Å². The summed E-state index contributed by atoms with van der Waals surface area (Å²) in [5, 5.41) is 0. The van der Waals surface area contributed by atoms with Gasteiger partial charge in [-0.05, 0) is 42.9 Å². The van der Waals surface area contributed by atoms with E-state index in [-0.39, 0.29) is 0 Å². The van der Waals surface area contributed by atoms with Gasteiger partial charge in [0.25, 0.3) is 0 Å². The van der Waals surface area contributed by atoms with Crippen LogP contribution in [0.4, 0.5) is 0 Å². The summed E-state index contributed by atoms with van der Waals surface area (Å²) in [6.45, 7) is 10.6. The van der Waals surface area contributed by atoms with Crippen LogP contribution in [0, 0.1) is 19.8 Å². The number of hydrogen-bond donors (Lipinski definition) is 0. The lowest BCUT2D eigenvalue weighted by Gasteiger charge is -2.33. The monoisotopic (exact) mass is 342 g/mol. The third-order valence-electron chi connectivity index (χ3n) is 5.43. The van der Waals surface area contributed by atoms with E-state index < -0.39 is 0 Å². The Hall–Kier alpha value is -1.65. The molecule has 0 radical (unpaired) electrons. The molecular weight excluding hydrogens is 312 g/mol. The zero-order chi connectivity index (χ0) is 17.6. The van der Waals surface area contributed by atoms with Gasteiger partial charge >= 0.3 is 0 Å². The molecule has 0 aliphatic carbocycles. The molecule has 1 atom stereocenters. The van der Waals surface area contributed by atoms with Crippen molar-refractivity contribution < 1.29 is 9.53 Å². The predicted molar refractivity (Wildman–Crippen MR) is 102 cm³/mol. The van der Waals surface area contributed by atoms with Gasteiger partial charge in [-0.2, -0.15) is 0 Å². The number of hydrogen-bond acceptors (Lipinski definition) is 3. The molecule has 2 aliphatic rings. The second-order valence-corrected chi connectivity index (χ2v) is 7.25. The predicted octanol–water partition coefficient (Wildman–Crippen LogP) is 2.89. The van der Waals surface area contributed by atoms with Gasteiger partial charge in [-0.3, -0.25) is 9.69 Å². The highest BCUT2D eigenvalue weighted by Gasteiger charge is 2.24. The third kappa shape index (κ3) is 4.93. The van der Waals surface area contributed by atoms with E-state index in [9.17, 15) is 4.79 Å². The van der Waals surface area contributed by atoms with Gasteiger partial charge in [-0.25, -0.2) is 0 Å². The first-order valence-electron chi connectivity index (χ1n) is 9.46. The van der Waals surface area contributed by atoms with Crippen molar-refractivity contribution in [3.8, 4) is 0 Å². The van der Waals surface area contributed by atoms with Gasteiger partial charge in [-0.15, -0.1) is 0 Å². The van der Waals surface area contributed by atoms with Crippen LogP contribution in [-0.4, -0.2) is 61.6 Å². The number of aryl methyl sites for hydroxylation is 2. The first-order chi connectivity index (χ1) is 12.1. The van der Waals surface area contributed by atoms with Crippen LogP contribution in [0.25, 0.3) is 6.08 Å². The minimum Gasteiger partial charge on any atom is -0.379 e. The Bertz CT molecular complexity index is 600. The van der Waals surface area contributed by atoms with E-state index in [1.807, 2.05) is 4.90 Å². The van der Waals surface area contributed by atoms with Crippen molar-refractivity contribution in [2.45, 2.75) is 26.7 Å². The fourth-order valence-electron chi connectivity index (χ4n) is 3.71. The van der Waals surface area contributed by atoms with Crippen molar-refractivity contribution in [2.24, 2.45) is 5.92 Å². The Kier molecular flexibility index (Phi) is 6.27. The molecule has 4 nitrogen and oxygen atoms in total. The van der Waals surface area contributed by atoms with E-state index in [1.165, 1.54) is 16.7 Å². The van der Waals surface area contributed by atoms with Crippen molar-refractivity contribution in [3.05, 3.63) is 41.0 Å². The normalized spacial score (nSPS) is 22.7. The van der Waals surface area contributed by atoms with Gasteiger partial charge in [0.15, 0.2) is 0 Å². The molecule has 0 bridgehead atoms. The quantitative estimate of drug-likeness (QED) is 0.825. The molecule has 25 heavy (non-hydrogen) atoms. The number of allylic oxidation sites excluding steroid dienone is 1. The van der Waals surface area contributed by atoms with E-state index in [0.29, 0.717) is 18.2 Å². The number of nitrogens with zero attached hydrogens (tertiary/aromatic N) is 2. The second kappa shape index (κ2) is 8.63. The Morgan fingerprint density at radius 1 is 1.12 bits per heavy atom. The van der Waals surface area contributed by atoms with Gasteiger partial charge in [0, 0.05) is 39.1 Å². The number of likely N-dealkylation sites (tertiary alicyclic amines) is 1. The third-order valence-corrected chi connectivity index (χ3v) is 5.43. The zero-order valence-electron chi connectivity index (χ0n) is 15.5. The zero-order valence-corrected chi connectivity index (χ0v) is 15.5. The number of benzene rings is 1. The number of rotatable bonds is 5. The van der Waals surface area contributed by atoms with Crippen LogP contribution in [0.3, 0.4) is 0 Å². The van der Waals surface area contributed by atoms with E-state index in [0.717, 1.165) is 52.4 Å². The molecule has 2 fully saturated rings. The molecule has 1 unspecified atom stereocenters. The molecule has 0 spiro atoms. The lowest BCUT2D eigenvalue weighted by molar-refractivity contribution is -0.134.